The zero-order valence-corrected chi connectivity index (χ0v) is 9.64. The van der Waals surface area contributed by atoms with Gasteiger partial charge in [0.25, 0.3) is 0 Å². The second-order valence-electron chi connectivity index (χ2n) is 3.60. The van der Waals surface area contributed by atoms with E-state index in [9.17, 15) is 4.79 Å². The van der Waals surface area contributed by atoms with Crippen molar-refractivity contribution in [2.24, 2.45) is 0 Å². The molecule has 1 N–H and O–H groups in total. The Balaban J connectivity index is 2.11. The van der Waals surface area contributed by atoms with E-state index in [1.807, 2.05) is 37.3 Å². The van der Waals surface area contributed by atoms with Crippen LogP contribution in [0.2, 0.25) is 0 Å². The fourth-order valence-corrected chi connectivity index (χ4v) is 1.53. The summed E-state index contributed by atoms with van der Waals surface area (Å²) in [6.07, 6.45) is 1.65. The van der Waals surface area contributed by atoms with Crippen LogP contribution in [0.1, 0.15) is 6.92 Å². The van der Waals surface area contributed by atoms with E-state index < -0.39 is 0 Å². The average molecular weight is 230 g/mol. The lowest BCUT2D eigenvalue weighted by atomic mass is 10.2. The maximum Gasteiger partial charge on any atom is 0.250 e. The number of carbonyl (C=O) groups excluding carboxylic acids is 1. The molecule has 2 rings (SSSR count). The molecule has 0 radical (unpaired) electrons. The highest BCUT2D eigenvalue weighted by molar-refractivity contribution is 5.93. The SMILES string of the molecule is CCOCC(=O)Nc1cnc2ccccc2c1. The highest BCUT2D eigenvalue weighted by Crippen LogP contribution is 2.15. The lowest BCUT2D eigenvalue weighted by molar-refractivity contribution is -0.120. The minimum Gasteiger partial charge on any atom is -0.372 e. The molecule has 0 spiro atoms. The fourth-order valence-electron chi connectivity index (χ4n) is 1.53. The normalized spacial score (nSPS) is 10.4. The van der Waals surface area contributed by atoms with Gasteiger partial charge in [-0.3, -0.25) is 9.78 Å². The Labute approximate surface area is 99.6 Å². The highest BCUT2D eigenvalue weighted by atomic mass is 16.5. The quantitative estimate of drug-likeness (QED) is 0.876. The summed E-state index contributed by atoms with van der Waals surface area (Å²) in [6, 6.07) is 9.66. The molecular formula is C13H14N2O2. The molecule has 0 saturated heterocycles. The van der Waals surface area contributed by atoms with E-state index in [4.69, 9.17) is 4.74 Å². The van der Waals surface area contributed by atoms with Crippen molar-refractivity contribution in [3.63, 3.8) is 0 Å². The van der Waals surface area contributed by atoms with Crippen LogP contribution >= 0.6 is 0 Å². The van der Waals surface area contributed by atoms with Gasteiger partial charge in [-0.05, 0) is 19.1 Å². The van der Waals surface area contributed by atoms with E-state index in [1.165, 1.54) is 0 Å². The van der Waals surface area contributed by atoms with Gasteiger partial charge in [-0.2, -0.15) is 0 Å². The third-order valence-electron chi connectivity index (χ3n) is 2.31. The number of pyridine rings is 1. The van der Waals surface area contributed by atoms with Crippen LogP contribution in [0.5, 0.6) is 0 Å². The van der Waals surface area contributed by atoms with Crippen LogP contribution in [0, 0.1) is 0 Å². The van der Waals surface area contributed by atoms with Gasteiger partial charge in [-0.1, -0.05) is 18.2 Å². The number of hydrogen-bond acceptors (Lipinski definition) is 3. The summed E-state index contributed by atoms with van der Waals surface area (Å²) in [6.45, 7) is 2.46. The maximum absolute atomic E-state index is 11.4. The summed E-state index contributed by atoms with van der Waals surface area (Å²) in [5.41, 5.74) is 1.60. The van der Waals surface area contributed by atoms with Crippen LogP contribution in [0.4, 0.5) is 5.69 Å². The van der Waals surface area contributed by atoms with E-state index in [1.54, 1.807) is 6.20 Å². The van der Waals surface area contributed by atoms with Crippen LogP contribution in [-0.2, 0) is 9.53 Å². The number of benzene rings is 1. The van der Waals surface area contributed by atoms with Crippen LogP contribution < -0.4 is 5.32 Å². The Morgan fingerprint density at radius 2 is 2.24 bits per heavy atom. The number of para-hydroxylation sites is 1. The fraction of sp³-hybridized carbons (Fsp3) is 0.231. The van der Waals surface area contributed by atoms with Crippen LogP contribution in [0.25, 0.3) is 10.9 Å². The molecule has 1 amide bonds. The number of rotatable bonds is 4. The summed E-state index contributed by atoms with van der Waals surface area (Å²) in [7, 11) is 0. The Kier molecular flexibility index (Phi) is 3.67. The zero-order valence-electron chi connectivity index (χ0n) is 9.64. The second-order valence-corrected chi connectivity index (χ2v) is 3.60. The number of carbonyl (C=O) groups is 1. The van der Waals surface area contributed by atoms with Crippen molar-refractivity contribution >= 4 is 22.5 Å². The first-order valence-corrected chi connectivity index (χ1v) is 5.52. The number of ether oxygens (including phenoxy) is 1. The predicted molar refractivity (Wildman–Crippen MR) is 66.9 cm³/mol. The van der Waals surface area contributed by atoms with E-state index in [2.05, 4.69) is 10.3 Å². The molecule has 88 valence electrons. The topological polar surface area (TPSA) is 51.2 Å². The predicted octanol–water partition coefficient (Wildman–Crippen LogP) is 2.21. The van der Waals surface area contributed by atoms with Crippen molar-refractivity contribution < 1.29 is 9.53 Å². The lowest BCUT2D eigenvalue weighted by Gasteiger charge is -2.05. The van der Waals surface area contributed by atoms with Crippen molar-refractivity contribution in [1.82, 2.24) is 4.98 Å². The molecule has 0 aliphatic rings. The van der Waals surface area contributed by atoms with E-state index in [-0.39, 0.29) is 12.5 Å². The largest absolute Gasteiger partial charge is 0.372 e. The number of hydrogen-bond donors (Lipinski definition) is 1. The Hall–Kier alpha value is -1.94. The van der Waals surface area contributed by atoms with E-state index in [0.29, 0.717) is 12.3 Å². The molecule has 17 heavy (non-hydrogen) atoms. The first kappa shape index (κ1) is 11.5. The number of nitrogens with zero attached hydrogens (tertiary/aromatic N) is 1. The van der Waals surface area contributed by atoms with Crippen molar-refractivity contribution in [1.29, 1.82) is 0 Å². The highest BCUT2D eigenvalue weighted by Gasteiger charge is 2.03. The number of nitrogens with one attached hydrogen (secondary N) is 1. The molecule has 0 unspecified atom stereocenters. The smallest absolute Gasteiger partial charge is 0.250 e. The van der Waals surface area contributed by atoms with E-state index in [0.717, 1.165) is 10.9 Å². The molecule has 1 aromatic carbocycles. The third-order valence-corrected chi connectivity index (χ3v) is 2.31. The molecule has 0 atom stereocenters. The van der Waals surface area contributed by atoms with Crippen molar-refractivity contribution in [3.8, 4) is 0 Å². The Bertz CT molecular complexity index is 526. The van der Waals surface area contributed by atoms with Gasteiger partial charge in [0.05, 0.1) is 17.4 Å². The van der Waals surface area contributed by atoms with Gasteiger partial charge in [0.15, 0.2) is 0 Å². The van der Waals surface area contributed by atoms with Gasteiger partial charge in [-0.25, -0.2) is 0 Å². The first-order valence-electron chi connectivity index (χ1n) is 5.52. The molecule has 0 aliphatic carbocycles. The minimum absolute atomic E-state index is 0.0727. The van der Waals surface area contributed by atoms with Crippen molar-refractivity contribution in [3.05, 3.63) is 36.5 Å². The first-order chi connectivity index (χ1) is 8.29. The number of aromatic nitrogens is 1. The van der Waals surface area contributed by atoms with Crippen LogP contribution in [0.3, 0.4) is 0 Å². The molecule has 0 bridgehead atoms. The van der Waals surface area contributed by atoms with Gasteiger partial charge < -0.3 is 10.1 Å². The molecule has 4 heteroatoms. The average Bonchev–Trinajstić information content (AvgIpc) is 2.36. The maximum atomic E-state index is 11.4. The molecule has 0 saturated carbocycles. The number of fused-ring (bicyclic) bond motifs is 1. The summed E-state index contributed by atoms with van der Waals surface area (Å²) < 4.78 is 5.02. The van der Waals surface area contributed by atoms with Gasteiger partial charge in [0.1, 0.15) is 6.61 Å². The zero-order chi connectivity index (χ0) is 12.1. The standard InChI is InChI=1S/C13H14N2O2/c1-2-17-9-13(16)15-11-7-10-5-3-4-6-12(10)14-8-11/h3-8H,2,9H2,1H3,(H,15,16). The summed E-state index contributed by atoms with van der Waals surface area (Å²) in [4.78, 5) is 15.7. The Morgan fingerprint density at radius 3 is 3.06 bits per heavy atom. The summed E-state index contributed by atoms with van der Waals surface area (Å²) in [5.74, 6) is -0.163. The molecular weight excluding hydrogens is 216 g/mol. The molecule has 1 aromatic heterocycles. The molecule has 1 heterocycles. The second kappa shape index (κ2) is 5.41. The Morgan fingerprint density at radius 1 is 1.41 bits per heavy atom. The van der Waals surface area contributed by atoms with Gasteiger partial charge in [0.2, 0.25) is 5.91 Å². The third kappa shape index (κ3) is 3.01. The van der Waals surface area contributed by atoms with Crippen LogP contribution in [-0.4, -0.2) is 24.1 Å². The monoisotopic (exact) mass is 230 g/mol. The number of anilines is 1. The van der Waals surface area contributed by atoms with Gasteiger partial charge in [0, 0.05) is 12.0 Å². The van der Waals surface area contributed by atoms with Gasteiger partial charge in [-0.15, -0.1) is 0 Å². The van der Waals surface area contributed by atoms with Crippen LogP contribution in [0.15, 0.2) is 36.5 Å². The lowest BCUT2D eigenvalue weighted by Crippen LogP contribution is -2.18. The minimum atomic E-state index is -0.163. The molecule has 4 nitrogen and oxygen atoms in total. The van der Waals surface area contributed by atoms with Crippen molar-refractivity contribution in [2.75, 3.05) is 18.5 Å². The van der Waals surface area contributed by atoms with Crippen molar-refractivity contribution in [2.45, 2.75) is 6.92 Å². The summed E-state index contributed by atoms with van der Waals surface area (Å²) in [5, 5.41) is 3.74. The van der Waals surface area contributed by atoms with E-state index >= 15 is 0 Å². The number of amides is 1. The summed E-state index contributed by atoms with van der Waals surface area (Å²) >= 11 is 0. The molecule has 0 fully saturated rings. The van der Waals surface area contributed by atoms with Gasteiger partial charge >= 0.3 is 0 Å². The molecule has 0 aliphatic heterocycles. The molecule has 2 aromatic rings.